The first-order valence-corrected chi connectivity index (χ1v) is 5.88. The van der Waals surface area contributed by atoms with Crippen LogP contribution < -0.4 is 4.31 Å². The van der Waals surface area contributed by atoms with Crippen LogP contribution >= 0.6 is 0 Å². The largest absolute Gasteiger partial charge is 0.507 e. The van der Waals surface area contributed by atoms with E-state index in [9.17, 15) is 13.5 Å². The second-order valence-corrected chi connectivity index (χ2v) is 5.06. The van der Waals surface area contributed by atoms with Gasteiger partial charge in [0.2, 0.25) is 10.0 Å². The van der Waals surface area contributed by atoms with Crippen molar-refractivity contribution in [3.8, 4) is 11.8 Å². The first kappa shape index (κ1) is 11.3. The summed E-state index contributed by atoms with van der Waals surface area (Å²) in [6.07, 6.45) is 1.06. The maximum Gasteiger partial charge on any atom is 0.231 e. The predicted octanol–water partition coefficient (Wildman–Crippen LogP) is 0.660. The number of benzene rings is 1. The SMILES string of the molecule is CN(c1ccc(O)c(C#N)c1)S(C)(=O)=O. The number of nitriles is 1. The Bertz CT molecular complexity index is 517. The fourth-order valence-electron chi connectivity index (χ4n) is 1.00. The van der Waals surface area contributed by atoms with Crippen LogP contribution in [-0.4, -0.2) is 26.8 Å². The fourth-order valence-corrected chi connectivity index (χ4v) is 1.50. The van der Waals surface area contributed by atoms with Crippen molar-refractivity contribution in [2.75, 3.05) is 17.6 Å². The molecule has 80 valence electrons. The highest BCUT2D eigenvalue weighted by Crippen LogP contribution is 2.23. The Balaban J connectivity index is 3.25. The number of hydrogen-bond donors (Lipinski definition) is 1. The number of sulfonamides is 1. The van der Waals surface area contributed by atoms with E-state index in [1.54, 1.807) is 6.07 Å². The summed E-state index contributed by atoms with van der Waals surface area (Å²) in [6, 6.07) is 5.80. The molecule has 0 atom stereocenters. The van der Waals surface area contributed by atoms with E-state index in [0.717, 1.165) is 10.6 Å². The number of hydrogen-bond acceptors (Lipinski definition) is 4. The van der Waals surface area contributed by atoms with Crippen LogP contribution in [0.25, 0.3) is 0 Å². The van der Waals surface area contributed by atoms with E-state index < -0.39 is 10.0 Å². The van der Waals surface area contributed by atoms with Crippen LogP contribution in [0.5, 0.6) is 5.75 Å². The first-order chi connectivity index (χ1) is 6.86. The molecule has 0 saturated carbocycles. The average molecular weight is 226 g/mol. The molecular weight excluding hydrogens is 216 g/mol. The Morgan fingerprint density at radius 2 is 2.07 bits per heavy atom. The molecule has 0 amide bonds. The van der Waals surface area contributed by atoms with E-state index in [1.807, 2.05) is 0 Å². The number of rotatable bonds is 2. The van der Waals surface area contributed by atoms with Crippen molar-refractivity contribution in [2.45, 2.75) is 0 Å². The van der Waals surface area contributed by atoms with E-state index in [2.05, 4.69) is 0 Å². The maximum absolute atomic E-state index is 11.2. The molecule has 0 saturated heterocycles. The van der Waals surface area contributed by atoms with Crippen molar-refractivity contribution >= 4 is 15.7 Å². The summed E-state index contributed by atoms with van der Waals surface area (Å²) in [5.41, 5.74) is 0.384. The van der Waals surface area contributed by atoms with Crippen LogP contribution in [0.2, 0.25) is 0 Å². The van der Waals surface area contributed by atoms with E-state index in [0.29, 0.717) is 5.69 Å². The van der Waals surface area contributed by atoms with Crippen molar-refractivity contribution in [1.82, 2.24) is 0 Å². The Labute approximate surface area is 88.2 Å². The van der Waals surface area contributed by atoms with Crippen molar-refractivity contribution < 1.29 is 13.5 Å². The van der Waals surface area contributed by atoms with Crippen LogP contribution in [0.1, 0.15) is 5.56 Å². The molecule has 0 aliphatic heterocycles. The highest BCUT2D eigenvalue weighted by molar-refractivity contribution is 7.92. The zero-order valence-electron chi connectivity index (χ0n) is 8.30. The molecule has 15 heavy (non-hydrogen) atoms. The molecule has 0 aromatic heterocycles. The molecule has 1 rings (SSSR count). The Kier molecular flexibility index (Phi) is 2.86. The third-order valence-corrected chi connectivity index (χ3v) is 3.17. The average Bonchev–Trinajstić information content (AvgIpc) is 2.16. The van der Waals surface area contributed by atoms with Gasteiger partial charge in [-0.1, -0.05) is 0 Å². The van der Waals surface area contributed by atoms with E-state index >= 15 is 0 Å². The lowest BCUT2D eigenvalue weighted by Crippen LogP contribution is -2.24. The summed E-state index contributed by atoms with van der Waals surface area (Å²) in [5.74, 6) is -0.164. The predicted molar refractivity (Wildman–Crippen MR) is 56.1 cm³/mol. The molecule has 0 radical (unpaired) electrons. The monoisotopic (exact) mass is 226 g/mol. The third-order valence-electron chi connectivity index (χ3n) is 1.96. The van der Waals surface area contributed by atoms with Crippen molar-refractivity contribution in [3.63, 3.8) is 0 Å². The van der Waals surface area contributed by atoms with Gasteiger partial charge in [-0.05, 0) is 18.2 Å². The number of nitrogens with zero attached hydrogens (tertiary/aromatic N) is 2. The Morgan fingerprint density at radius 3 is 2.53 bits per heavy atom. The molecule has 0 spiro atoms. The molecule has 1 aromatic carbocycles. The lowest BCUT2D eigenvalue weighted by molar-refractivity contribution is 0.473. The van der Waals surface area contributed by atoms with Crippen molar-refractivity contribution in [3.05, 3.63) is 23.8 Å². The quantitative estimate of drug-likeness (QED) is 0.803. The Hall–Kier alpha value is -1.74. The smallest absolute Gasteiger partial charge is 0.231 e. The molecular formula is C9H10N2O3S. The standard InChI is InChI=1S/C9H10N2O3S/c1-11(15(2,13)14)8-3-4-9(12)7(5-8)6-10/h3-5,12H,1-2H3. The molecule has 0 unspecified atom stereocenters. The maximum atomic E-state index is 11.2. The lowest BCUT2D eigenvalue weighted by Gasteiger charge is -2.16. The number of anilines is 1. The van der Waals surface area contributed by atoms with Crippen LogP contribution in [0, 0.1) is 11.3 Å². The second kappa shape index (κ2) is 3.79. The molecule has 1 N–H and O–H groups in total. The molecule has 0 fully saturated rings. The van der Waals surface area contributed by atoms with E-state index in [4.69, 9.17) is 5.26 Å². The molecule has 0 aliphatic carbocycles. The number of phenolic OH excluding ortho intramolecular Hbond substituents is 1. The topological polar surface area (TPSA) is 81.4 Å². The van der Waals surface area contributed by atoms with Gasteiger partial charge in [-0.15, -0.1) is 0 Å². The van der Waals surface area contributed by atoms with Crippen LogP contribution in [0.4, 0.5) is 5.69 Å². The lowest BCUT2D eigenvalue weighted by atomic mass is 10.2. The van der Waals surface area contributed by atoms with Gasteiger partial charge in [0.1, 0.15) is 11.8 Å². The molecule has 5 nitrogen and oxygen atoms in total. The van der Waals surface area contributed by atoms with Gasteiger partial charge in [-0.2, -0.15) is 5.26 Å². The highest BCUT2D eigenvalue weighted by Gasteiger charge is 2.13. The zero-order chi connectivity index (χ0) is 11.6. The molecule has 1 aromatic rings. The van der Waals surface area contributed by atoms with Crippen molar-refractivity contribution in [2.24, 2.45) is 0 Å². The fraction of sp³-hybridized carbons (Fsp3) is 0.222. The second-order valence-electron chi connectivity index (χ2n) is 3.04. The van der Waals surface area contributed by atoms with Gasteiger partial charge >= 0.3 is 0 Å². The minimum atomic E-state index is -3.35. The number of aromatic hydroxyl groups is 1. The summed E-state index contributed by atoms with van der Waals surface area (Å²) in [6.45, 7) is 0. The minimum absolute atomic E-state index is 0.0444. The van der Waals surface area contributed by atoms with Gasteiger partial charge in [0, 0.05) is 7.05 Å². The van der Waals surface area contributed by atoms with Crippen LogP contribution in [0.3, 0.4) is 0 Å². The number of phenols is 1. The molecule has 0 aliphatic rings. The van der Waals surface area contributed by atoms with Gasteiger partial charge in [-0.3, -0.25) is 4.31 Å². The zero-order valence-corrected chi connectivity index (χ0v) is 9.11. The molecule has 6 heteroatoms. The van der Waals surface area contributed by atoms with Crippen LogP contribution in [-0.2, 0) is 10.0 Å². The summed E-state index contributed by atoms with van der Waals surface area (Å²) >= 11 is 0. The first-order valence-electron chi connectivity index (χ1n) is 4.03. The van der Waals surface area contributed by atoms with Gasteiger partial charge in [0.25, 0.3) is 0 Å². The summed E-state index contributed by atoms with van der Waals surface area (Å²) in [4.78, 5) is 0. The van der Waals surface area contributed by atoms with Gasteiger partial charge < -0.3 is 5.11 Å². The van der Waals surface area contributed by atoms with Gasteiger partial charge in [0.15, 0.2) is 0 Å². The van der Waals surface area contributed by atoms with Gasteiger partial charge in [-0.25, -0.2) is 8.42 Å². The van der Waals surface area contributed by atoms with E-state index in [1.165, 1.54) is 25.2 Å². The van der Waals surface area contributed by atoms with Crippen LogP contribution in [0.15, 0.2) is 18.2 Å². The summed E-state index contributed by atoms with van der Waals surface area (Å²) in [7, 11) is -1.97. The van der Waals surface area contributed by atoms with E-state index in [-0.39, 0.29) is 11.3 Å². The minimum Gasteiger partial charge on any atom is -0.507 e. The van der Waals surface area contributed by atoms with Gasteiger partial charge in [0.05, 0.1) is 17.5 Å². The third kappa shape index (κ3) is 2.39. The summed E-state index contributed by atoms with van der Waals surface area (Å²) < 4.78 is 23.4. The summed E-state index contributed by atoms with van der Waals surface area (Å²) in [5, 5.41) is 17.9. The molecule has 0 heterocycles. The Morgan fingerprint density at radius 1 is 1.47 bits per heavy atom. The normalized spacial score (nSPS) is 10.7. The van der Waals surface area contributed by atoms with Crippen molar-refractivity contribution in [1.29, 1.82) is 5.26 Å². The highest BCUT2D eigenvalue weighted by atomic mass is 32.2. The molecule has 0 bridgehead atoms.